The van der Waals surface area contributed by atoms with E-state index in [4.69, 9.17) is 0 Å². The largest absolute Gasteiger partial charge is 0.388 e. The number of nitrogens with zero attached hydrogens (tertiary/aromatic N) is 2. The summed E-state index contributed by atoms with van der Waals surface area (Å²) in [5, 5.41) is 13.8. The van der Waals surface area contributed by atoms with Crippen LogP contribution in [0.4, 0.5) is 5.69 Å². The molecule has 5 nitrogen and oxygen atoms in total. The second-order valence-corrected chi connectivity index (χ2v) is 9.95. The Morgan fingerprint density at radius 2 is 1.93 bits per heavy atom. The second kappa shape index (κ2) is 6.69. The van der Waals surface area contributed by atoms with Gasteiger partial charge in [0.05, 0.1) is 23.2 Å². The molecule has 1 aliphatic heterocycles. The van der Waals surface area contributed by atoms with Crippen LogP contribution in [0, 0.1) is 22.7 Å². The summed E-state index contributed by atoms with van der Waals surface area (Å²) in [5.41, 5.74) is 0.145. The van der Waals surface area contributed by atoms with Crippen molar-refractivity contribution >= 4 is 17.5 Å². The van der Waals surface area contributed by atoms with Gasteiger partial charge in [0.15, 0.2) is 0 Å². The molecule has 3 aliphatic rings. The fourth-order valence-corrected chi connectivity index (χ4v) is 6.11. The summed E-state index contributed by atoms with van der Waals surface area (Å²) in [5.74, 6) is 0.352. The zero-order valence-corrected chi connectivity index (χ0v) is 17.9. The number of carbonyl (C=O) groups is 2. The molecular formula is C24H32N2O3. The Morgan fingerprint density at radius 3 is 2.52 bits per heavy atom. The molecule has 3 fully saturated rings. The van der Waals surface area contributed by atoms with Crippen molar-refractivity contribution < 1.29 is 14.7 Å². The highest BCUT2D eigenvalue weighted by Crippen LogP contribution is 2.70. The van der Waals surface area contributed by atoms with Crippen molar-refractivity contribution in [1.29, 1.82) is 0 Å². The van der Waals surface area contributed by atoms with Crippen molar-refractivity contribution in [3.05, 3.63) is 42.5 Å². The molecule has 29 heavy (non-hydrogen) atoms. The van der Waals surface area contributed by atoms with Gasteiger partial charge in [-0.2, -0.15) is 0 Å². The van der Waals surface area contributed by atoms with E-state index in [0.29, 0.717) is 18.0 Å². The average molecular weight is 397 g/mol. The summed E-state index contributed by atoms with van der Waals surface area (Å²) >= 11 is 0. The summed E-state index contributed by atoms with van der Waals surface area (Å²) < 4.78 is 0. The molecule has 3 unspecified atom stereocenters. The van der Waals surface area contributed by atoms with Crippen LogP contribution in [-0.4, -0.2) is 34.1 Å². The first-order valence-electron chi connectivity index (χ1n) is 10.7. The van der Waals surface area contributed by atoms with Gasteiger partial charge in [0.25, 0.3) is 11.8 Å². The van der Waals surface area contributed by atoms with Crippen LogP contribution in [0.25, 0.3) is 0 Å². The number of aliphatic hydroxyl groups excluding tert-OH is 1. The van der Waals surface area contributed by atoms with Gasteiger partial charge < -0.3 is 5.11 Å². The number of hydrazine groups is 1. The highest BCUT2D eigenvalue weighted by molar-refractivity contribution is 6.08. The van der Waals surface area contributed by atoms with Gasteiger partial charge in [0.1, 0.15) is 0 Å². The van der Waals surface area contributed by atoms with Crippen LogP contribution in [0.3, 0.4) is 0 Å². The van der Waals surface area contributed by atoms with Crippen LogP contribution in [0.15, 0.2) is 42.5 Å². The fraction of sp³-hybridized carbons (Fsp3) is 0.583. The van der Waals surface area contributed by atoms with E-state index >= 15 is 0 Å². The minimum Gasteiger partial charge on any atom is -0.388 e. The molecule has 2 aliphatic carbocycles. The van der Waals surface area contributed by atoms with Crippen molar-refractivity contribution in [2.45, 2.75) is 65.5 Å². The van der Waals surface area contributed by atoms with E-state index < -0.39 is 11.5 Å². The van der Waals surface area contributed by atoms with E-state index in [2.05, 4.69) is 20.4 Å². The summed E-state index contributed by atoms with van der Waals surface area (Å²) in [4.78, 5) is 27.5. The van der Waals surface area contributed by atoms with Crippen LogP contribution in [-0.2, 0) is 9.59 Å². The van der Waals surface area contributed by atoms with Gasteiger partial charge in [-0.25, -0.2) is 10.0 Å². The molecule has 1 saturated heterocycles. The first-order valence-corrected chi connectivity index (χ1v) is 10.7. The molecule has 5 heteroatoms. The molecule has 0 radical (unpaired) electrons. The van der Waals surface area contributed by atoms with E-state index in [-0.39, 0.29) is 34.8 Å². The van der Waals surface area contributed by atoms with Gasteiger partial charge in [0.2, 0.25) is 0 Å². The lowest BCUT2D eigenvalue weighted by Gasteiger charge is -2.35. The molecule has 4 atom stereocenters. The summed E-state index contributed by atoms with van der Waals surface area (Å²) in [6.07, 6.45) is 2.22. The van der Waals surface area contributed by atoms with Crippen molar-refractivity contribution in [2.75, 3.05) is 5.01 Å². The Balaban J connectivity index is 1.77. The lowest BCUT2D eigenvalue weighted by atomic mass is 9.67. The SMILES string of the molecule is C=C(C(=O)N1C2CC3CCC2(C(=O)N1c1ccccc1)C3(C)C)[C@@H](O)CC(C)C. The van der Waals surface area contributed by atoms with E-state index in [1.54, 1.807) is 10.0 Å². The van der Waals surface area contributed by atoms with E-state index in [1.165, 1.54) is 0 Å². The number of aliphatic hydroxyl groups is 1. The molecular weight excluding hydrogens is 364 g/mol. The van der Waals surface area contributed by atoms with Gasteiger partial charge >= 0.3 is 0 Å². The topological polar surface area (TPSA) is 60.9 Å². The maximum atomic E-state index is 13.9. The monoisotopic (exact) mass is 396 g/mol. The third-order valence-electron chi connectivity index (χ3n) is 7.80. The zero-order chi connectivity index (χ0) is 21.1. The number of rotatable bonds is 5. The number of hydrogen-bond acceptors (Lipinski definition) is 3. The minimum atomic E-state index is -0.904. The highest BCUT2D eigenvalue weighted by Gasteiger charge is 2.75. The van der Waals surface area contributed by atoms with E-state index in [1.807, 2.05) is 44.2 Å². The van der Waals surface area contributed by atoms with Crippen LogP contribution in [0.5, 0.6) is 0 Å². The fourth-order valence-electron chi connectivity index (χ4n) is 6.11. The summed E-state index contributed by atoms with van der Waals surface area (Å²) in [6.45, 7) is 12.3. The maximum absolute atomic E-state index is 13.9. The van der Waals surface area contributed by atoms with Crippen molar-refractivity contribution in [3.8, 4) is 0 Å². The number of hydrogen-bond donors (Lipinski definition) is 1. The molecule has 1 aromatic rings. The first kappa shape index (κ1) is 20.1. The molecule has 4 rings (SSSR count). The van der Waals surface area contributed by atoms with Gasteiger partial charge in [0, 0.05) is 5.57 Å². The zero-order valence-electron chi connectivity index (χ0n) is 17.9. The van der Waals surface area contributed by atoms with Gasteiger partial charge in [-0.3, -0.25) is 9.59 Å². The molecule has 1 heterocycles. The van der Waals surface area contributed by atoms with Gasteiger partial charge in [-0.1, -0.05) is 52.5 Å². The molecule has 156 valence electrons. The number of fused-ring (bicyclic) bond motifs is 1. The molecule has 1 N–H and O–H groups in total. The van der Waals surface area contributed by atoms with Gasteiger partial charge in [-0.05, 0) is 55.1 Å². The Labute approximate surface area is 173 Å². The van der Waals surface area contributed by atoms with Crippen LogP contribution in [0.2, 0.25) is 0 Å². The smallest absolute Gasteiger partial charge is 0.271 e. The molecule has 2 saturated carbocycles. The van der Waals surface area contributed by atoms with Gasteiger partial charge in [-0.15, -0.1) is 0 Å². The molecule has 2 bridgehead atoms. The van der Waals surface area contributed by atoms with Crippen LogP contribution >= 0.6 is 0 Å². The van der Waals surface area contributed by atoms with Crippen molar-refractivity contribution in [1.82, 2.24) is 5.01 Å². The highest BCUT2D eigenvalue weighted by atomic mass is 16.3. The van der Waals surface area contributed by atoms with Crippen LogP contribution < -0.4 is 5.01 Å². The Hall–Kier alpha value is -2.14. The number of amides is 2. The number of carbonyl (C=O) groups excluding carboxylic acids is 2. The third-order valence-corrected chi connectivity index (χ3v) is 7.80. The van der Waals surface area contributed by atoms with E-state index in [0.717, 1.165) is 19.3 Å². The van der Waals surface area contributed by atoms with Crippen molar-refractivity contribution in [3.63, 3.8) is 0 Å². The second-order valence-electron chi connectivity index (χ2n) is 9.95. The lowest BCUT2D eigenvalue weighted by molar-refractivity contribution is -0.132. The van der Waals surface area contributed by atoms with Crippen molar-refractivity contribution in [2.24, 2.45) is 22.7 Å². The molecule has 1 spiro atoms. The number of para-hydroxylation sites is 1. The molecule has 0 aromatic heterocycles. The maximum Gasteiger partial charge on any atom is 0.271 e. The predicted octanol–water partition coefficient (Wildman–Crippen LogP) is 3.93. The first-order chi connectivity index (χ1) is 13.6. The average Bonchev–Trinajstić information content (AvgIpc) is 3.19. The Bertz CT molecular complexity index is 847. The summed E-state index contributed by atoms with van der Waals surface area (Å²) in [7, 11) is 0. The normalized spacial score (nSPS) is 30.8. The Kier molecular flexibility index (Phi) is 4.65. The van der Waals surface area contributed by atoms with Crippen LogP contribution in [0.1, 0.15) is 53.4 Å². The number of anilines is 1. The Morgan fingerprint density at radius 1 is 1.28 bits per heavy atom. The third kappa shape index (κ3) is 2.63. The van der Waals surface area contributed by atoms with E-state index in [9.17, 15) is 14.7 Å². The molecule has 1 aromatic carbocycles. The number of benzene rings is 1. The predicted molar refractivity (Wildman–Crippen MR) is 113 cm³/mol. The minimum absolute atomic E-state index is 0.0122. The molecule has 2 amide bonds. The quantitative estimate of drug-likeness (QED) is 0.767. The lowest BCUT2D eigenvalue weighted by Crippen LogP contribution is -2.49. The summed E-state index contributed by atoms with van der Waals surface area (Å²) in [6, 6.07) is 9.20. The standard InChI is InChI=1S/C24H32N2O3/c1-15(2)13-19(27)16(3)21(28)26-20-14-17-11-12-24(20,23(17,4)5)22(29)25(26)18-9-7-6-8-10-18/h6-10,15,17,19-20,27H,3,11-14H2,1-2,4-5H3/t17?,19-,20?,24?/m0/s1.